The number of benzene rings is 2. The monoisotopic (exact) mass is 374 g/mol. The fourth-order valence-electron chi connectivity index (χ4n) is 2.79. The van der Waals surface area contributed by atoms with Crippen molar-refractivity contribution < 1.29 is 27.9 Å². The number of carbonyl (C=O) groups excluding carboxylic acids is 3. The maximum Gasteiger partial charge on any atom is 0.414 e. The van der Waals surface area contributed by atoms with Gasteiger partial charge in [0.05, 0.1) is 24.3 Å². The van der Waals surface area contributed by atoms with Crippen molar-refractivity contribution in [1.29, 1.82) is 0 Å². The van der Waals surface area contributed by atoms with Crippen molar-refractivity contribution in [3.8, 4) is 11.1 Å². The maximum atomic E-state index is 14.6. The Balaban J connectivity index is 1.80. The minimum Gasteiger partial charge on any atom is -0.442 e. The van der Waals surface area contributed by atoms with Crippen LogP contribution in [0.1, 0.15) is 17.3 Å². The third-order valence-corrected chi connectivity index (χ3v) is 4.16. The lowest BCUT2D eigenvalue weighted by molar-refractivity contribution is -0.119. The van der Waals surface area contributed by atoms with E-state index in [-0.39, 0.29) is 41.4 Å². The van der Waals surface area contributed by atoms with Gasteiger partial charge < -0.3 is 10.1 Å². The molecule has 1 heterocycles. The Bertz CT molecular complexity index is 917. The molecule has 3 rings (SSSR count). The number of cyclic esters (lactones) is 1. The zero-order chi connectivity index (χ0) is 19.6. The number of halogens is 2. The van der Waals surface area contributed by atoms with Gasteiger partial charge in [-0.25, -0.2) is 13.6 Å². The largest absolute Gasteiger partial charge is 0.442 e. The van der Waals surface area contributed by atoms with E-state index in [0.717, 1.165) is 12.1 Å². The van der Waals surface area contributed by atoms with Gasteiger partial charge in [0.25, 0.3) is 0 Å². The lowest BCUT2D eigenvalue weighted by Gasteiger charge is -2.14. The predicted octanol–water partition coefficient (Wildman–Crippen LogP) is 2.91. The Morgan fingerprint density at radius 1 is 1.26 bits per heavy atom. The Morgan fingerprint density at radius 3 is 2.67 bits per heavy atom. The van der Waals surface area contributed by atoms with E-state index in [1.165, 1.54) is 36.1 Å². The Kier molecular flexibility index (Phi) is 5.16. The van der Waals surface area contributed by atoms with Gasteiger partial charge in [-0.1, -0.05) is 6.07 Å². The first kappa shape index (κ1) is 18.5. The molecule has 1 aliphatic heterocycles. The summed E-state index contributed by atoms with van der Waals surface area (Å²) >= 11 is 0. The highest BCUT2D eigenvalue weighted by atomic mass is 19.1. The zero-order valence-corrected chi connectivity index (χ0v) is 14.4. The number of ether oxygens (including phenoxy) is 1. The molecule has 2 aromatic rings. The number of amides is 2. The van der Waals surface area contributed by atoms with Crippen LogP contribution >= 0.6 is 0 Å². The van der Waals surface area contributed by atoms with Crippen molar-refractivity contribution in [2.75, 3.05) is 18.0 Å². The molecule has 1 fully saturated rings. The summed E-state index contributed by atoms with van der Waals surface area (Å²) in [5, 5.41) is 2.56. The first-order chi connectivity index (χ1) is 12.9. The molecule has 0 aliphatic carbocycles. The molecule has 8 heteroatoms. The summed E-state index contributed by atoms with van der Waals surface area (Å²) in [7, 11) is 0. The van der Waals surface area contributed by atoms with Crippen LogP contribution in [-0.4, -0.2) is 37.5 Å². The van der Waals surface area contributed by atoms with Gasteiger partial charge in [0.15, 0.2) is 6.29 Å². The van der Waals surface area contributed by atoms with Gasteiger partial charge in [0, 0.05) is 12.5 Å². The molecule has 0 aromatic heterocycles. The van der Waals surface area contributed by atoms with Gasteiger partial charge in [-0.05, 0) is 35.9 Å². The van der Waals surface area contributed by atoms with Crippen LogP contribution in [0.2, 0.25) is 0 Å². The molecule has 1 aliphatic rings. The molecule has 2 aromatic carbocycles. The first-order valence-corrected chi connectivity index (χ1v) is 8.16. The third-order valence-electron chi connectivity index (χ3n) is 4.16. The molecule has 140 valence electrons. The molecular weight excluding hydrogens is 358 g/mol. The average molecular weight is 374 g/mol. The van der Waals surface area contributed by atoms with Gasteiger partial charge in [-0.3, -0.25) is 14.5 Å². The fraction of sp³-hybridized carbons (Fsp3) is 0.211. The molecule has 1 saturated heterocycles. The number of anilines is 1. The van der Waals surface area contributed by atoms with Crippen molar-refractivity contribution in [3.63, 3.8) is 0 Å². The SMILES string of the molecule is CC(=O)NC[C@H]1CN(c2ccc(-c3ccc(C=O)c(F)c3)c(F)c2)C(=O)O1. The van der Waals surface area contributed by atoms with Crippen LogP contribution in [-0.2, 0) is 9.53 Å². The molecule has 1 atom stereocenters. The zero-order valence-electron chi connectivity index (χ0n) is 14.4. The van der Waals surface area contributed by atoms with Gasteiger partial charge >= 0.3 is 6.09 Å². The number of hydrogen-bond acceptors (Lipinski definition) is 4. The summed E-state index contributed by atoms with van der Waals surface area (Å²) in [5.74, 6) is -1.63. The normalized spacial score (nSPS) is 16.2. The topological polar surface area (TPSA) is 75.7 Å². The minimum atomic E-state index is -0.741. The van der Waals surface area contributed by atoms with Crippen LogP contribution in [0, 0.1) is 11.6 Å². The number of nitrogens with one attached hydrogen (secondary N) is 1. The van der Waals surface area contributed by atoms with Gasteiger partial charge in [0.2, 0.25) is 5.91 Å². The van der Waals surface area contributed by atoms with Crippen LogP contribution in [0.15, 0.2) is 36.4 Å². The van der Waals surface area contributed by atoms with E-state index in [4.69, 9.17) is 4.74 Å². The van der Waals surface area contributed by atoms with Crippen molar-refractivity contribution >= 4 is 24.0 Å². The standard InChI is InChI=1S/C19H16F2N2O4/c1-11(25)22-8-15-9-23(19(26)27-15)14-4-5-16(18(21)7-14)12-2-3-13(10-24)17(20)6-12/h2-7,10,15H,8-9H2,1H3,(H,22,25)/t15-/m0/s1. The highest BCUT2D eigenvalue weighted by Gasteiger charge is 2.32. The average Bonchev–Trinajstić information content (AvgIpc) is 3.00. The molecule has 27 heavy (non-hydrogen) atoms. The van der Waals surface area contributed by atoms with Crippen LogP contribution < -0.4 is 10.2 Å². The van der Waals surface area contributed by atoms with Crippen molar-refractivity contribution in [2.24, 2.45) is 0 Å². The first-order valence-electron chi connectivity index (χ1n) is 8.16. The summed E-state index contributed by atoms with van der Waals surface area (Å²) in [6.07, 6.45) is -0.789. The van der Waals surface area contributed by atoms with Crippen molar-refractivity contribution in [1.82, 2.24) is 5.32 Å². The van der Waals surface area contributed by atoms with E-state index < -0.39 is 23.8 Å². The minimum absolute atomic E-state index is 0.110. The number of hydrogen-bond donors (Lipinski definition) is 1. The van der Waals surface area contributed by atoms with Crippen LogP contribution in [0.4, 0.5) is 19.3 Å². The molecule has 2 amide bonds. The molecule has 0 spiro atoms. The van der Waals surface area contributed by atoms with Crippen LogP contribution in [0.25, 0.3) is 11.1 Å². The summed E-state index contributed by atoms with van der Waals surface area (Å²) in [6, 6.07) is 7.90. The highest BCUT2D eigenvalue weighted by molar-refractivity contribution is 5.90. The van der Waals surface area contributed by atoms with Crippen LogP contribution in [0.5, 0.6) is 0 Å². The predicted molar refractivity (Wildman–Crippen MR) is 93.5 cm³/mol. The molecule has 0 radical (unpaired) electrons. The number of nitrogens with zero attached hydrogens (tertiary/aromatic N) is 1. The molecule has 0 bridgehead atoms. The molecule has 0 saturated carbocycles. The van der Waals surface area contributed by atoms with Crippen molar-refractivity contribution in [3.05, 3.63) is 53.6 Å². The Morgan fingerprint density at radius 2 is 2.04 bits per heavy atom. The molecule has 1 N–H and O–H groups in total. The van der Waals surface area contributed by atoms with Crippen LogP contribution in [0.3, 0.4) is 0 Å². The number of carbonyl (C=O) groups is 3. The second kappa shape index (κ2) is 7.53. The lowest BCUT2D eigenvalue weighted by atomic mass is 10.0. The van der Waals surface area contributed by atoms with E-state index in [1.54, 1.807) is 0 Å². The Hall–Kier alpha value is -3.29. The maximum absolute atomic E-state index is 14.6. The van der Waals surface area contributed by atoms with Gasteiger partial charge in [-0.2, -0.15) is 0 Å². The summed E-state index contributed by atoms with van der Waals surface area (Å²) in [4.78, 5) is 34.9. The third kappa shape index (κ3) is 3.94. The van der Waals surface area contributed by atoms with E-state index in [9.17, 15) is 23.2 Å². The number of aldehydes is 1. The van der Waals surface area contributed by atoms with Gasteiger partial charge in [0.1, 0.15) is 17.7 Å². The molecule has 0 unspecified atom stereocenters. The fourth-order valence-corrected chi connectivity index (χ4v) is 2.79. The highest BCUT2D eigenvalue weighted by Crippen LogP contribution is 2.29. The van der Waals surface area contributed by atoms with E-state index in [2.05, 4.69) is 5.32 Å². The summed E-state index contributed by atoms with van der Waals surface area (Å²) in [6.45, 7) is 1.69. The molecule has 6 nitrogen and oxygen atoms in total. The smallest absolute Gasteiger partial charge is 0.414 e. The summed E-state index contributed by atoms with van der Waals surface area (Å²) < 4.78 is 33.5. The van der Waals surface area contributed by atoms with E-state index in [0.29, 0.717) is 6.29 Å². The second-order valence-electron chi connectivity index (χ2n) is 6.07. The van der Waals surface area contributed by atoms with E-state index in [1.807, 2.05) is 0 Å². The summed E-state index contributed by atoms with van der Waals surface area (Å²) in [5.41, 5.74) is 0.588. The molecular formula is C19H16F2N2O4. The lowest BCUT2D eigenvalue weighted by Crippen LogP contribution is -2.33. The van der Waals surface area contributed by atoms with E-state index >= 15 is 0 Å². The Labute approximate surface area is 153 Å². The quantitative estimate of drug-likeness (QED) is 0.817. The second-order valence-corrected chi connectivity index (χ2v) is 6.07. The van der Waals surface area contributed by atoms with Crippen molar-refractivity contribution in [2.45, 2.75) is 13.0 Å². The van der Waals surface area contributed by atoms with Gasteiger partial charge in [-0.15, -0.1) is 0 Å². The number of rotatable bonds is 5.